The van der Waals surface area contributed by atoms with Crippen LogP contribution in [-0.4, -0.2) is 52.9 Å². The van der Waals surface area contributed by atoms with Crippen molar-refractivity contribution in [3.8, 4) is 11.3 Å². The van der Waals surface area contributed by atoms with Crippen LogP contribution in [0.3, 0.4) is 0 Å². The summed E-state index contributed by atoms with van der Waals surface area (Å²) in [5, 5.41) is 4.04. The quantitative estimate of drug-likeness (QED) is 0.804. The van der Waals surface area contributed by atoms with Gasteiger partial charge in [0.15, 0.2) is 0 Å². The van der Waals surface area contributed by atoms with Crippen LogP contribution >= 0.6 is 11.6 Å². The van der Waals surface area contributed by atoms with E-state index in [0.717, 1.165) is 0 Å². The summed E-state index contributed by atoms with van der Waals surface area (Å²) < 4.78 is 19.5. The van der Waals surface area contributed by atoms with Crippen LogP contribution in [0.1, 0.15) is 29.5 Å². The molecule has 0 unspecified atom stereocenters. The highest BCUT2D eigenvalue weighted by molar-refractivity contribution is 6.33. The fourth-order valence-corrected chi connectivity index (χ4v) is 3.36. The van der Waals surface area contributed by atoms with Crippen molar-refractivity contribution in [3.05, 3.63) is 40.4 Å². The van der Waals surface area contributed by atoms with Crippen molar-refractivity contribution in [2.24, 2.45) is 0 Å². The largest absolute Gasteiger partial charge is 0.360 e. The number of carbonyl (C=O) groups excluding carboxylic acids is 2. The van der Waals surface area contributed by atoms with Gasteiger partial charge in [0.1, 0.15) is 22.8 Å². The fraction of sp³-hybridized carbons (Fsp3) is 0.389. The maximum Gasteiger partial charge on any atom is 0.259 e. The minimum Gasteiger partial charge on any atom is -0.360 e. The summed E-state index contributed by atoms with van der Waals surface area (Å²) in [6.07, 6.45) is 0.672. The van der Waals surface area contributed by atoms with Crippen LogP contribution in [0.15, 0.2) is 22.7 Å². The molecule has 0 N–H and O–H groups in total. The van der Waals surface area contributed by atoms with Gasteiger partial charge < -0.3 is 14.3 Å². The highest BCUT2D eigenvalue weighted by Crippen LogP contribution is 2.34. The second-order valence-corrected chi connectivity index (χ2v) is 6.62. The molecule has 2 aromatic rings. The number of hydrogen-bond donors (Lipinski definition) is 0. The van der Waals surface area contributed by atoms with E-state index in [9.17, 15) is 14.0 Å². The normalized spacial score (nSPS) is 15.1. The number of benzene rings is 1. The lowest BCUT2D eigenvalue weighted by Gasteiger charge is -2.21. The average molecular weight is 380 g/mol. The van der Waals surface area contributed by atoms with Gasteiger partial charge in [0.25, 0.3) is 5.91 Å². The number of halogens is 2. The Bertz CT molecular complexity index is 832. The second kappa shape index (κ2) is 7.45. The van der Waals surface area contributed by atoms with E-state index in [2.05, 4.69) is 5.16 Å². The Labute approximate surface area is 155 Å². The number of aryl methyl sites for hydroxylation is 1. The van der Waals surface area contributed by atoms with E-state index < -0.39 is 5.82 Å². The van der Waals surface area contributed by atoms with Crippen LogP contribution in [0.5, 0.6) is 0 Å². The number of rotatable bonds is 2. The molecule has 0 aliphatic carbocycles. The smallest absolute Gasteiger partial charge is 0.259 e. The van der Waals surface area contributed by atoms with Crippen LogP contribution < -0.4 is 0 Å². The monoisotopic (exact) mass is 379 g/mol. The minimum atomic E-state index is -0.571. The number of nitrogens with zero attached hydrogens (tertiary/aromatic N) is 3. The Kier molecular flexibility index (Phi) is 5.27. The van der Waals surface area contributed by atoms with Crippen molar-refractivity contribution >= 4 is 23.4 Å². The van der Waals surface area contributed by atoms with Gasteiger partial charge in [-0.2, -0.15) is 0 Å². The molecule has 1 aromatic carbocycles. The topological polar surface area (TPSA) is 66.7 Å². The lowest BCUT2D eigenvalue weighted by Crippen LogP contribution is -2.36. The van der Waals surface area contributed by atoms with Crippen molar-refractivity contribution in [1.29, 1.82) is 0 Å². The summed E-state index contributed by atoms with van der Waals surface area (Å²) in [5.74, 6) is -0.585. The van der Waals surface area contributed by atoms with E-state index >= 15 is 0 Å². The van der Waals surface area contributed by atoms with E-state index in [-0.39, 0.29) is 33.7 Å². The first-order chi connectivity index (χ1) is 12.4. The molecule has 0 bridgehead atoms. The zero-order valence-corrected chi connectivity index (χ0v) is 15.3. The summed E-state index contributed by atoms with van der Waals surface area (Å²) in [6, 6.07) is 4.28. The molecule has 0 spiro atoms. The van der Waals surface area contributed by atoms with Gasteiger partial charge in [-0.1, -0.05) is 22.8 Å². The van der Waals surface area contributed by atoms with Crippen molar-refractivity contribution in [2.75, 3.05) is 26.2 Å². The molecular weight excluding hydrogens is 361 g/mol. The van der Waals surface area contributed by atoms with E-state index in [1.165, 1.54) is 25.1 Å². The molecule has 138 valence electrons. The number of aromatic nitrogens is 1. The third-order valence-corrected chi connectivity index (χ3v) is 4.82. The maximum absolute atomic E-state index is 14.3. The molecule has 0 saturated carbocycles. The van der Waals surface area contributed by atoms with Gasteiger partial charge in [-0.3, -0.25) is 9.59 Å². The Hall–Kier alpha value is -2.41. The first kappa shape index (κ1) is 18.4. The second-order valence-electron chi connectivity index (χ2n) is 6.21. The van der Waals surface area contributed by atoms with Crippen molar-refractivity contribution in [3.63, 3.8) is 0 Å². The first-order valence-electron chi connectivity index (χ1n) is 8.35. The van der Waals surface area contributed by atoms with Gasteiger partial charge in [-0.15, -0.1) is 0 Å². The molecule has 1 aliphatic rings. The van der Waals surface area contributed by atoms with Gasteiger partial charge in [0.2, 0.25) is 5.91 Å². The molecule has 2 amide bonds. The molecule has 1 saturated heterocycles. The minimum absolute atomic E-state index is 0.0146. The molecule has 8 heteroatoms. The van der Waals surface area contributed by atoms with Gasteiger partial charge in [0, 0.05) is 33.1 Å². The third-order valence-electron chi connectivity index (χ3n) is 4.50. The molecule has 0 radical (unpaired) electrons. The predicted octanol–water partition coefficient (Wildman–Crippen LogP) is 3.14. The van der Waals surface area contributed by atoms with E-state index in [1.54, 1.807) is 16.7 Å². The lowest BCUT2D eigenvalue weighted by molar-refractivity contribution is -0.128. The van der Waals surface area contributed by atoms with E-state index in [4.69, 9.17) is 16.1 Å². The Morgan fingerprint density at radius 2 is 1.88 bits per heavy atom. The van der Waals surface area contributed by atoms with Gasteiger partial charge in [0.05, 0.1) is 10.6 Å². The van der Waals surface area contributed by atoms with Gasteiger partial charge >= 0.3 is 0 Å². The van der Waals surface area contributed by atoms with Crippen LogP contribution in [0.4, 0.5) is 4.39 Å². The van der Waals surface area contributed by atoms with Gasteiger partial charge in [-0.25, -0.2) is 4.39 Å². The molecule has 1 aromatic heterocycles. The summed E-state index contributed by atoms with van der Waals surface area (Å²) >= 11 is 6.13. The summed E-state index contributed by atoms with van der Waals surface area (Å²) in [5.41, 5.74) is 0.353. The van der Waals surface area contributed by atoms with E-state index in [1.807, 2.05) is 0 Å². The van der Waals surface area contributed by atoms with Crippen LogP contribution in [0.2, 0.25) is 5.02 Å². The Balaban J connectivity index is 1.94. The number of amides is 2. The SMILES string of the molecule is CC(=O)N1CCCN(C(=O)c2c(-c3c(F)cccc3Cl)noc2C)CC1. The Morgan fingerprint density at radius 1 is 1.19 bits per heavy atom. The molecule has 3 rings (SSSR count). The number of hydrogen-bond acceptors (Lipinski definition) is 4. The molecule has 0 atom stereocenters. The first-order valence-corrected chi connectivity index (χ1v) is 8.73. The maximum atomic E-state index is 14.3. The van der Waals surface area contributed by atoms with Crippen molar-refractivity contribution in [2.45, 2.75) is 20.3 Å². The molecule has 26 heavy (non-hydrogen) atoms. The zero-order valence-electron chi connectivity index (χ0n) is 14.6. The van der Waals surface area contributed by atoms with Gasteiger partial charge in [-0.05, 0) is 25.5 Å². The molecule has 2 heterocycles. The fourth-order valence-electron chi connectivity index (χ4n) is 3.11. The van der Waals surface area contributed by atoms with Crippen molar-refractivity contribution in [1.82, 2.24) is 15.0 Å². The molecule has 6 nitrogen and oxygen atoms in total. The highest BCUT2D eigenvalue weighted by atomic mass is 35.5. The molecular formula is C18H19ClFN3O3. The van der Waals surface area contributed by atoms with Crippen molar-refractivity contribution < 1.29 is 18.5 Å². The summed E-state index contributed by atoms with van der Waals surface area (Å²) in [7, 11) is 0. The van der Waals surface area contributed by atoms with Crippen LogP contribution in [0, 0.1) is 12.7 Å². The Morgan fingerprint density at radius 3 is 2.58 bits per heavy atom. The molecule has 1 fully saturated rings. The number of carbonyl (C=O) groups is 2. The average Bonchev–Trinajstić information content (AvgIpc) is 2.81. The lowest BCUT2D eigenvalue weighted by atomic mass is 10.0. The summed E-state index contributed by atoms with van der Waals surface area (Å²) in [6.45, 7) is 5.08. The standard InChI is InChI=1S/C18H19ClFN3O3/c1-11-15(17(21-26-11)16-13(19)5-3-6-14(16)20)18(25)23-8-4-7-22(9-10-23)12(2)24/h3,5-6H,4,7-10H2,1-2H3. The van der Waals surface area contributed by atoms with Crippen LogP contribution in [-0.2, 0) is 4.79 Å². The highest BCUT2D eigenvalue weighted by Gasteiger charge is 2.29. The predicted molar refractivity (Wildman–Crippen MR) is 94.4 cm³/mol. The van der Waals surface area contributed by atoms with Crippen LogP contribution in [0.25, 0.3) is 11.3 Å². The zero-order chi connectivity index (χ0) is 18.8. The summed E-state index contributed by atoms with van der Waals surface area (Å²) in [4.78, 5) is 28.0. The van der Waals surface area contributed by atoms with E-state index in [0.29, 0.717) is 38.4 Å². The molecule has 1 aliphatic heterocycles. The third kappa shape index (κ3) is 3.44.